The van der Waals surface area contributed by atoms with Gasteiger partial charge in [-0.2, -0.15) is 5.10 Å². The normalized spacial score (nSPS) is 18.0. The Labute approximate surface area is 168 Å². The number of aryl methyl sites for hydroxylation is 1. The van der Waals surface area contributed by atoms with E-state index < -0.39 is 0 Å². The lowest BCUT2D eigenvalue weighted by Crippen LogP contribution is -2.35. The maximum Gasteiger partial charge on any atom is 0.272 e. The Balaban J connectivity index is 1.43. The Morgan fingerprint density at radius 2 is 2.17 bits per heavy atom. The van der Waals surface area contributed by atoms with Crippen molar-refractivity contribution in [1.29, 1.82) is 0 Å². The van der Waals surface area contributed by atoms with Crippen LogP contribution in [0.3, 0.4) is 0 Å². The zero-order chi connectivity index (χ0) is 19.8. The number of carbonyl (C=O) groups excluding carboxylic acids is 1. The Hall–Kier alpha value is -3.13. The van der Waals surface area contributed by atoms with Crippen molar-refractivity contribution in [2.75, 3.05) is 13.7 Å². The predicted molar refractivity (Wildman–Crippen MR) is 105 cm³/mol. The minimum atomic E-state index is -0.268. The quantitative estimate of drug-likeness (QED) is 0.736. The highest BCUT2D eigenvalue weighted by Gasteiger charge is 2.29. The molecule has 1 N–H and O–H groups in total. The van der Waals surface area contributed by atoms with Crippen molar-refractivity contribution >= 4 is 5.91 Å². The summed E-state index contributed by atoms with van der Waals surface area (Å²) in [7, 11) is 1.64. The fourth-order valence-corrected chi connectivity index (χ4v) is 4.17. The van der Waals surface area contributed by atoms with Gasteiger partial charge in [-0.3, -0.25) is 4.79 Å². The number of benzene rings is 1. The topological polar surface area (TPSA) is 83.2 Å². The van der Waals surface area contributed by atoms with Gasteiger partial charge in [0.1, 0.15) is 17.1 Å². The number of rotatable bonds is 4. The molecule has 4 heterocycles. The van der Waals surface area contributed by atoms with Gasteiger partial charge < -0.3 is 19.4 Å². The number of nitrogens with zero attached hydrogens (tertiary/aromatic N) is 4. The lowest BCUT2D eigenvalue weighted by Gasteiger charge is -2.25. The zero-order valence-electron chi connectivity index (χ0n) is 16.3. The van der Waals surface area contributed by atoms with E-state index in [0.29, 0.717) is 18.9 Å². The highest BCUT2D eigenvalue weighted by atomic mass is 16.5. The summed E-state index contributed by atoms with van der Waals surface area (Å²) < 4.78 is 15.2. The summed E-state index contributed by atoms with van der Waals surface area (Å²) in [6.45, 7) is 1.77. The molecule has 0 unspecified atom stereocenters. The van der Waals surface area contributed by atoms with Gasteiger partial charge in [0.05, 0.1) is 50.3 Å². The first-order valence-electron chi connectivity index (χ1n) is 9.89. The van der Waals surface area contributed by atoms with E-state index in [2.05, 4.69) is 20.0 Å². The van der Waals surface area contributed by atoms with Crippen LogP contribution in [0.2, 0.25) is 0 Å². The van der Waals surface area contributed by atoms with E-state index in [-0.39, 0.29) is 11.9 Å². The maximum absolute atomic E-state index is 12.9. The molecule has 8 heteroatoms. The van der Waals surface area contributed by atoms with Crippen LogP contribution in [0.25, 0.3) is 5.69 Å². The summed E-state index contributed by atoms with van der Waals surface area (Å²) in [6.07, 6.45) is 6.69. The third-order valence-electron chi connectivity index (χ3n) is 5.64. The molecule has 1 aromatic carbocycles. The van der Waals surface area contributed by atoms with Gasteiger partial charge in [0.25, 0.3) is 5.91 Å². The summed E-state index contributed by atoms with van der Waals surface area (Å²) in [6, 6.07) is 7.44. The number of aromatic nitrogens is 4. The van der Waals surface area contributed by atoms with E-state index in [1.54, 1.807) is 19.6 Å². The first-order chi connectivity index (χ1) is 14.3. The third kappa shape index (κ3) is 3.09. The van der Waals surface area contributed by atoms with Crippen molar-refractivity contribution in [3.05, 3.63) is 59.4 Å². The van der Waals surface area contributed by atoms with Crippen molar-refractivity contribution in [1.82, 2.24) is 24.6 Å². The van der Waals surface area contributed by atoms with Gasteiger partial charge in [-0.05, 0) is 31.4 Å². The van der Waals surface area contributed by atoms with E-state index in [1.165, 1.54) is 0 Å². The van der Waals surface area contributed by atoms with Crippen molar-refractivity contribution in [3.63, 3.8) is 0 Å². The Morgan fingerprint density at radius 1 is 1.28 bits per heavy atom. The molecule has 5 rings (SSSR count). The second-order valence-electron chi connectivity index (χ2n) is 7.36. The van der Waals surface area contributed by atoms with Gasteiger partial charge >= 0.3 is 0 Å². The number of methoxy groups -OCH3 is 1. The van der Waals surface area contributed by atoms with Crippen LogP contribution in [-0.2, 0) is 24.3 Å². The smallest absolute Gasteiger partial charge is 0.272 e. The predicted octanol–water partition coefficient (Wildman–Crippen LogP) is 2.42. The van der Waals surface area contributed by atoms with Gasteiger partial charge in [0.2, 0.25) is 0 Å². The molecular weight excluding hydrogens is 370 g/mol. The number of hydrogen-bond acceptors (Lipinski definition) is 5. The molecular formula is C21H23N5O3. The number of imidazole rings is 1. The van der Waals surface area contributed by atoms with Crippen LogP contribution in [0.15, 0.2) is 36.8 Å². The van der Waals surface area contributed by atoms with Crippen LogP contribution in [0, 0.1) is 0 Å². The molecule has 8 nitrogen and oxygen atoms in total. The van der Waals surface area contributed by atoms with E-state index in [4.69, 9.17) is 9.47 Å². The highest BCUT2D eigenvalue weighted by molar-refractivity contribution is 5.93. The number of para-hydroxylation sites is 2. The lowest BCUT2D eigenvalue weighted by atomic mass is 10.0. The molecule has 2 aromatic heterocycles. The minimum absolute atomic E-state index is 0.160. The second-order valence-corrected chi connectivity index (χ2v) is 7.36. The molecule has 0 saturated heterocycles. The Morgan fingerprint density at radius 3 is 3.07 bits per heavy atom. The van der Waals surface area contributed by atoms with Gasteiger partial charge in [-0.1, -0.05) is 12.1 Å². The number of carbonyl (C=O) groups is 1. The van der Waals surface area contributed by atoms with Crippen molar-refractivity contribution < 1.29 is 14.3 Å². The van der Waals surface area contributed by atoms with E-state index in [9.17, 15) is 4.79 Å². The van der Waals surface area contributed by atoms with E-state index in [1.807, 2.05) is 28.9 Å². The Bertz CT molecular complexity index is 1050. The van der Waals surface area contributed by atoms with Crippen molar-refractivity contribution in [2.45, 2.75) is 38.5 Å². The number of ether oxygens (including phenoxy) is 2. The van der Waals surface area contributed by atoms with Crippen LogP contribution < -0.4 is 10.1 Å². The van der Waals surface area contributed by atoms with Crippen molar-refractivity contribution in [3.8, 4) is 11.4 Å². The van der Waals surface area contributed by atoms with Gasteiger partial charge in [0.15, 0.2) is 0 Å². The number of amides is 1. The van der Waals surface area contributed by atoms with Crippen LogP contribution in [0.1, 0.15) is 46.3 Å². The summed E-state index contributed by atoms with van der Waals surface area (Å²) >= 11 is 0. The summed E-state index contributed by atoms with van der Waals surface area (Å²) in [4.78, 5) is 17.3. The number of nitrogens with one attached hydrogen (secondary N) is 1. The SMILES string of the molecule is COc1ccccc1-n1ncc2c1COC[C@@H]2NC(=O)c1ncn2c1CCCC2. The van der Waals surface area contributed by atoms with Crippen LogP contribution in [-0.4, -0.2) is 39.0 Å². The molecule has 0 spiro atoms. The average molecular weight is 393 g/mol. The third-order valence-corrected chi connectivity index (χ3v) is 5.64. The van der Waals surface area contributed by atoms with Crippen LogP contribution in [0.5, 0.6) is 5.75 Å². The number of fused-ring (bicyclic) bond motifs is 2. The Kier molecular flexibility index (Phi) is 4.55. The van der Waals surface area contributed by atoms with Crippen molar-refractivity contribution in [2.24, 2.45) is 0 Å². The van der Waals surface area contributed by atoms with E-state index in [0.717, 1.165) is 54.2 Å². The summed E-state index contributed by atoms with van der Waals surface area (Å²) in [5, 5.41) is 7.65. The standard InChI is InChI=1S/C21H23N5O3/c1-28-19-8-3-2-6-16(19)26-18-12-29-11-15(14(18)10-23-26)24-21(27)20-17-7-4-5-9-25(17)13-22-20/h2-3,6,8,10,13,15H,4-5,7,9,11-12H2,1H3,(H,24,27)/t15-/m0/s1. The molecule has 0 radical (unpaired) electrons. The molecule has 0 saturated carbocycles. The first kappa shape index (κ1) is 17.9. The van der Waals surface area contributed by atoms with E-state index >= 15 is 0 Å². The van der Waals surface area contributed by atoms with Crippen LogP contribution in [0.4, 0.5) is 0 Å². The minimum Gasteiger partial charge on any atom is -0.494 e. The summed E-state index contributed by atoms with van der Waals surface area (Å²) in [5.41, 5.74) is 4.26. The first-order valence-corrected chi connectivity index (χ1v) is 9.89. The lowest BCUT2D eigenvalue weighted by molar-refractivity contribution is 0.0683. The number of hydrogen-bond donors (Lipinski definition) is 1. The molecule has 0 aliphatic carbocycles. The monoisotopic (exact) mass is 393 g/mol. The molecule has 2 aliphatic rings. The van der Waals surface area contributed by atoms with Gasteiger partial charge in [-0.25, -0.2) is 9.67 Å². The fourth-order valence-electron chi connectivity index (χ4n) is 4.17. The fraction of sp³-hybridized carbons (Fsp3) is 0.381. The van der Waals surface area contributed by atoms with Gasteiger partial charge in [-0.15, -0.1) is 0 Å². The summed E-state index contributed by atoms with van der Waals surface area (Å²) in [5.74, 6) is 0.571. The zero-order valence-corrected chi connectivity index (χ0v) is 16.3. The molecule has 1 atom stereocenters. The maximum atomic E-state index is 12.9. The molecule has 3 aromatic rings. The highest BCUT2D eigenvalue weighted by Crippen LogP contribution is 2.30. The average Bonchev–Trinajstić information content (AvgIpc) is 3.39. The largest absolute Gasteiger partial charge is 0.494 e. The molecule has 150 valence electrons. The molecule has 2 aliphatic heterocycles. The molecule has 0 fully saturated rings. The molecule has 29 heavy (non-hydrogen) atoms. The van der Waals surface area contributed by atoms with Crippen LogP contribution >= 0.6 is 0 Å². The van der Waals surface area contributed by atoms with Gasteiger partial charge in [0, 0.05) is 12.1 Å². The molecule has 1 amide bonds. The second kappa shape index (κ2) is 7.36. The molecule has 0 bridgehead atoms.